The van der Waals surface area contributed by atoms with Gasteiger partial charge in [-0.25, -0.2) is 0 Å². The smallest absolute Gasteiger partial charge is 0.0911 e. The third kappa shape index (κ3) is 3.94. The first-order chi connectivity index (χ1) is 11.1. The second-order valence-electron chi connectivity index (χ2n) is 6.35. The Morgan fingerprint density at radius 1 is 1.26 bits per heavy atom. The minimum atomic E-state index is -0.378. The van der Waals surface area contributed by atoms with Crippen LogP contribution < -0.4 is 5.32 Å². The Morgan fingerprint density at radius 2 is 2.04 bits per heavy atom. The Hall–Kier alpha value is -1.36. The van der Waals surface area contributed by atoms with Crippen molar-refractivity contribution in [3.05, 3.63) is 35.0 Å². The summed E-state index contributed by atoms with van der Waals surface area (Å²) in [6, 6.07) is 5.96. The molecular formula is C18H24ClN3O. The van der Waals surface area contributed by atoms with E-state index in [-0.39, 0.29) is 6.10 Å². The summed E-state index contributed by atoms with van der Waals surface area (Å²) < 4.78 is 0. The number of benzene rings is 1. The molecule has 1 fully saturated rings. The van der Waals surface area contributed by atoms with Crippen LogP contribution in [0, 0.1) is 6.92 Å². The van der Waals surface area contributed by atoms with Crippen LogP contribution in [0.25, 0.3) is 10.9 Å². The maximum Gasteiger partial charge on any atom is 0.0911 e. The van der Waals surface area contributed by atoms with Crippen LogP contribution in [0.15, 0.2) is 24.4 Å². The highest BCUT2D eigenvalue weighted by atomic mass is 35.5. The molecule has 2 heterocycles. The Bertz CT molecular complexity index is 671. The molecule has 2 aromatic rings. The number of hydrogen-bond donors (Lipinski definition) is 2. The van der Waals surface area contributed by atoms with Crippen LogP contribution >= 0.6 is 11.6 Å². The van der Waals surface area contributed by atoms with Gasteiger partial charge in [0.1, 0.15) is 0 Å². The average molecular weight is 334 g/mol. The highest BCUT2D eigenvalue weighted by molar-refractivity contribution is 6.36. The lowest BCUT2D eigenvalue weighted by molar-refractivity contribution is 0.110. The van der Waals surface area contributed by atoms with Gasteiger partial charge in [-0.15, -0.1) is 0 Å². The number of halogens is 1. The van der Waals surface area contributed by atoms with Crippen molar-refractivity contribution in [3.63, 3.8) is 0 Å². The van der Waals surface area contributed by atoms with Gasteiger partial charge in [0.2, 0.25) is 0 Å². The van der Waals surface area contributed by atoms with Crippen LogP contribution in [-0.4, -0.2) is 47.3 Å². The lowest BCUT2D eigenvalue weighted by atomic mass is 10.1. The van der Waals surface area contributed by atoms with E-state index >= 15 is 0 Å². The normalized spacial score (nSPS) is 17.3. The maximum absolute atomic E-state index is 10.3. The SMILES string of the molecule is Cc1ccc2c(NCC(O)CN3CCCCC3)ccnc2c1Cl. The minimum absolute atomic E-state index is 0.378. The van der Waals surface area contributed by atoms with E-state index in [1.807, 2.05) is 25.1 Å². The summed E-state index contributed by atoms with van der Waals surface area (Å²) in [6.45, 7) is 5.44. The summed E-state index contributed by atoms with van der Waals surface area (Å²) in [7, 11) is 0. The van der Waals surface area contributed by atoms with Gasteiger partial charge in [-0.2, -0.15) is 0 Å². The predicted molar refractivity (Wildman–Crippen MR) is 96.3 cm³/mol. The van der Waals surface area contributed by atoms with E-state index in [1.165, 1.54) is 19.3 Å². The van der Waals surface area contributed by atoms with Gasteiger partial charge in [0.25, 0.3) is 0 Å². The molecule has 1 aliphatic rings. The van der Waals surface area contributed by atoms with Crippen molar-refractivity contribution in [1.29, 1.82) is 0 Å². The number of aromatic nitrogens is 1. The topological polar surface area (TPSA) is 48.4 Å². The van der Waals surface area contributed by atoms with Crippen molar-refractivity contribution in [2.24, 2.45) is 0 Å². The number of nitrogens with zero attached hydrogens (tertiary/aromatic N) is 2. The average Bonchev–Trinajstić information content (AvgIpc) is 2.57. The van der Waals surface area contributed by atoms with Crippen molar-refractivity contribution in [1.82, 2.24) is 9.88 Å². The van der Waals surface area contributed by atoms with Gasteiger partial charge in [0.05, 0.1) is 16.6 Å². The number of fused-ring (bicyclic) bond motifs is 1. The van der Waals surface area contributed by atoms with Crippen molar-refractivity contribution in [2.75, 3.05) is 31.5 Å². The van der Waals surface area contributed by atoms with Crippen molar-refractivity contribution < 1.29 is 5.11 Å². The van der Waals surface area contributed by atoms with Gasteiger partial charge in [-0.05, 0) is 44.5 Å². The van der Waals surface area contributed by atoms with Crippen LogP contribution in [-0.2, 0) is 0 Å². The second-order valence-corrected chi connectivity index (χ2v) is 6.73. The van der Waals surface area contributed by atoms with E-state index in [0.29, 0.717) is 11.6 Å². The van der Waals surface area contributed by atoms with Crippen LogP contribution in [0.2, 0.25) is 5.02 Å². The molecule has 3 rings (SSSR count). The summed E-state index contributed by atoms with van der Waals surface area (Å²) in [5, 5.41) is 15.3. The van der Waals surface area contributed by atoms with E-state index in [1.54, 1.807) is 6.20 Å². The molecule has 0 aliphatic carbocycles. The number of β-amino-alcohol motifs (C(OH)–C–C–N with tert-alkyl or cyclic N) is 1. The van der Waals surface area contributed by atoms with E-state index in [2.05, 4.69) is 15.2 Å². The second kappa shape index (κ2) is 7.47. The number of anilines is 1. The van der Waals surface area contributed by atoms with E-state index in [0.717, 1.165) is 41.8 Å². The van der Waals surface area contributed by atoms with E-state index < -0.39 is 0 Å². The molecule has 0 radical (unpaired) electrons. The monoisotopic (exact) mass is 333 g/mol. The number of rotatable bonds is 5. The van der Waals surface area contributed by atoms with E-state index in [4.69, 9.17) is 11.6 Å². The van der Waals surface area contributed by atoms with Crippen LogP contribution in [0.1, 0.15) is 24.8 Å². The fraction of sp³-hybridized carbons (Fsp3) is 0.500. The number of pyridine rings is 1. The molecule has 1 aromatic heterocycles. The predicted octanol–water partition coefficient (Wildman–Crippen LogP) is 3.46. The first kappa shape index (κ1) is 16.5. The standard InChI is InChI=1S/C18H24ClN3O/c1-13-5-6-15-16(7-8-20-18(15)17(13)19)21-11-14(23)12-22-9-3-2-4-10-22/h5-8,14,23H,2-4,9-12H2,1H3,(H,20,21). The number of aliphatic hydroxyl groups is 1. The Labute approximate surface area is 142 Å². The quantitative estimate of drug-likeness (QED) is 0.879. The third-order valence-electron chi connectivity index (χ3n) is 4.49. The van der Waals surface area contributed by atoms with Gasteiger partial charge in [0, 0.05) is 30.4 Å². The maximum atomic E-state index is 10.3. The molecule has 1 aliphatic heterocycles. The molecule has 124 valence electrons. The zero-order chi connectivity index (χ0) is 16.2. The number of nitrogens with one attached hydrogen (secondary N) is 1. The van der Waals surface area contributed by atoms with Crippen LogP contribution in [0.5, 0.6) is 0 Å². The molecule has 4 nitrogen and oxygen atoms in total. The van der Waals surface area contributed by atoms with Crippen LogP contribution in [0.4, 0.5) is 5.69 Å². The first-order valence-electron chi connectivity index (χ1n) is 8.33. The number of aryl methyl sites for hydroxylation is 1. The Kier molecular flexibility index (Phi) is 5.36. The third-order valence-corrected chi connectivity index (χ3v) is 4.97. The molecule has 23 heavy (non-hydrogen) atoms. The summed E-state index contributed by atoms with van der Waals surface area (Å²) in [5.41, 5.74) is 2.80. The highest BCUT2D eigenvalue weighted by Crippen LogP contribution is 2.29. The summed E-state index contributed by atoms with van der Waals surface area (Å²) in [6.07, 6.45) is 5.18. The van der Waals surface area contributed by atoms with Gasteiger partial charge < -0.3 is 15.3 Å². The first-order valence-corrected chi connectivity index (χ1v) is 8.71. The molecule has 1 atom stereocenters. The molecule has 0 amide bonds. The highest BCUT2D eigenvalue weighted by Gasteiger charge is 2.15. The largest absolute Gasteiger partial charge is 0.390 e. The zero-order valence-electron chi connectivity index (χ0n) is 13.6. The molecule has 0 saturated carbocycles. The molecule has 1 unspecified atom stereocenters. The van der Waals surface area contributed by atoms with Gasteiger partial charge >= 0.3 is 0 Å². The number of hydrogen-bond acceptors (Lipinski definition) is 4. The fourth-order valence-corrected chi connectivity index (χ4v) is 3.39. The van der Waals surface area contributed by atoms with Gasteiger partial charge in [-0.3, -0.25) is 4.98 Å². The van der Waals surface area contributed by atoms with Gasteiger partial charge in [0.15, 0.2) is 0 Å². The number of aliphatic hydroxyl groups excluding tert-OH is 1. The molecule has 5 heteroatoms. The number of likely N-dealkylation sites (tertiary alicyclic amines) is 1. The number of piperidine rings is 1. The molecule has 1 saturated heterocycles. The Morgan fingerprint density at radius 3 is 2.83 bits per heavy atom. The molecular weight excluding hydrogens is 310 g/mol. The van der Waals surface area contributed by atoms with Crippen LogP contribution in [0.3, 0.4) is 0 Å². The zero-order valence-corrected chi connectivity index (χ0v) is 14.3. The van der Waals surface area contributed by atoms with Crippen molar-refractivity contribution >= 4 is 28.2 Å². The lowest BCUT2D eigenvalue weighted by Crippen LogP contribution is -2.39. The van der Waals surface area contributed by atoms with Crippen molar-refractivity contribution in [3.8, 4) is 0 Å². The fourth-order valence-electron chi connectivity index (χ4n) is 3.17. The summed E-state index contributed by atoms with van der Waals surface area (Å²) in [4.78, 5) is 6.73. The molecule has 2 N–H and O–H groups in total. The minimum Gasteiger partial charge on any atom is -0.390 e. The molecule has 0 spiro atoms. The van der Waals surface area contributed by atoms with Gasteiger partial charge in [-0.1, -0.05) is 30.2 Å². The summed E-state index contributed by atoms with van der Waals surface area (Å²) >= 11 is 6.34. The molecule has 1 aromatic carbocycles. The lowest BCUT2D eigenvalue weighted by Gasteiger charge is -2.28. The van der Waals surface area contributed by atoms with E-state index in [9.17, 15) is 5.11 Å². The van der Waals surface area contributed by atoms with Crippen molar-refractivity contribution in [2.45, 2.75) is 32.3 Å². The Balaban J connectivity index is 1.66. The summed E-state index contributed by atoms with van der Waals surface area (Å²) in [5.74, 6) is 0. The molecule has 0 bridgehead atoms.